The molecule has 2 saturated heterocycles. The van der Waals surface area contributed by atoms with E-state index in [1.807, 2.05) is 0 Å². The van der Waals surface area contributed by atoms with Crippen molar-refractivity contribution in [3.63, 3.8) is 0 Å². The predicted molar refractivity (Wildman–Crippen MR) is 169 cm³/mol. The number of nitrogens with one attached hydrogen (secondary N) is 1. The number of rotatable bonds is 11. The lowest BCUT2D eigenvalue weighted by atomic mass is 9.98. The van der Waals surface area contributed by atoms with Crippen LogP contribution in [0.15, 0.2) is 23.8 Å². The monoisotopic (exact) mass is 736 g/mol. The molecule has 0 bridgehead atoms. The van der Waals surface area contributed by atoms with Gasteiger partial charge in [-0.15, -0.1) is 11.8 Å². The molecule has 10 atom stereocenters. The SMILES string of the molecule is CO[C@H]1[C@H](n2cnc3c(N)ncnc32)OC(C)(COP(O)(=S)O[C@@H]2[C@H](O)[C@@H](CO)S[C@H]2n2cnc3c(=O)[nH]c(N)nc32)[C@H]1O[PH](=O)O. The summed E-state index contributed by atoms with van der Waals surface area (Å²) in [6, 6.07) is 0. The molecular formula is C22H30N10O11P2S2. The highest BCUT2D eigenvalue weighted by Gasteiger charge is 2.57. The Bertz CT molecular complexity index is 1930. The number of aromatic nitrogens is 8. The molecule has 47 heavy (non-hydrogen) atoms. The Morgan fingerprint density at radius 1 is 1.19 bits per heavy atom. The van der Waals surface area contributed by atoms with Gasteiger partial charge < -0.3 is 50.0 Å². The zero-order valence-electron chi connectivity index (χ0n) is 24.4. The highest BCUT2D eigenvalue weighted by Crippen LogP contribution is 2.55. The van der Waals surface area contributed by atoms with Crippen LogP contribution in [0.25, 0.3) is 22.3 Å². The van der Waals surface area contributed by atoms with Crippen LogP contribution >= 0.6 is 26.7 Å². The molecule has 2 aliphatic heterocycles. The standard InChI is InChI=1S/C22H30N10O11P2S2/c1-22(14(42-44(36)37)13(39-2)19(41-22)31-6-27-9-15(23)25-5-26-16(9)31)4-40-45(38,46)43-12-11(34)8(3-33)47-20(12)32-7-28-10-17(32)29-21(24)30-18(10)35/h5-8,11-14,19-20,33-34,44H,3-4H2,1-2H3,(H,36,37)(H,38,46)(H2,23,25,26)(H3,24,29,30,35)/t8-,11-,12-,13-,14+,19-,20-,22?,45?/m1/s1. The van der Waals surface area contributed by atoms with Gasteiger partial charge in [0.25, 0.3) is 5.56 Å². The van der Waals surface area contributed by atoms with Crippen molar-refractivity contribution in [2.75, 3.05) is 31.8 Å². The summed E-state index contributed by atoms with van der Waals surface area (Å²) >= 11 is 6.40. The summed E-state index contributed by atoms with van der Waals surface area (Å²) in [6.45, 7) is -3.81. The van der Waals surface area contributed by atoms with Crippen LogP contribution in [-0.2, 0) is 39.4 Å². The second-order valence-corrected chi connectivity index (χ2v) is 15.7. The van der Waals surface area contributed by atoms with Gasteiger partial charge in [-0.25, -0.2) is 19.9 Å². The van der Waals surface area contributed by atoms with Gasteiger partial charge in [0.1, 0.15) is 41.1 Å². The zero-order chi connectivity index (χ0) is 33.8. The number of aliphatic hydroxyl groups is 2. The first-order valence-electron chi connectivity index (χ1n) is 13.6. The first-order chi connectivity index (χ1) is 22.3. The molecule has 21 nitrogen and oxygen atoms in total. The predicted octanol–water partition coefficient (Wildman–Crippen LogP) is -1.22. The van der Waals surface area contributed by atoms with E-state index in [0.29, 0.717) is 0 Å². The van der Waals surface area contributed by atoms with Gasteiger partial charge in [-0.1, -0.05) is 0 Å². The molecule has 9 N–H and O–H groups in total. The maximum absolute atomic E-state index is 12.3. The quantitative estimate of drug-likeness (QED) is 0.0888. The number of thioether (sulfide) groups is 1. The highest BCUT2D eigenvalue weighted by molar-refractivity contribution is 8.07. The minimum atomic E-state index is -4.28. The molecule has 0 spiro atoms. The topological polar surface area (TPSA) is 303 Å². The van der Waals surface area contributed by atoms with Crippen molar-refractivity contribution in [2.24, 2.45) is 0 Å². The smallest absolute Gasteiger partial charge is 0.325 e. The van der Waals surface area contributed by atoms with Crippen LogP contribution in [0.3, 0.4) is 0 Å². The number of hydrogen-bond acceptors (Lipinski definition) is 18. The third-order valence-electron chi connectivity index (χ3n) is 7.72. The lowest BCUT2D eigenvalue weighted by Gasteiger charge is -2.32. The van der Waals surface area contributed by atoms with E-state index < -0.39 is 80.6 Å². The number of aromatic amines is 1. The van der Waals surface area contributed by atoms with Crippen LogP contribution in [0.2, 0.25) is 0 Å². The van der Waals surface area contributed by atoms with Crippen LogP contribution in [0.4, 0.5) is 11.8 Å². The average Bonchev–Trinajstić information content (AvgIpc) is 3.76. The highest BCUT2D eigenvalue weighted by atomic mass is 32.5. The van der Waals surface area contributed by atoms with Gasteiger partial charge >= 0.3 is 15.0 Å². The summed E-state index contributed by atoms with van der Waals surface area (Å²) in [5.74, 6) is -0.0687. The van der Waals surface area contributed by atoms with Crippen LogP contribution in [0, 0.1) is 0 Å². The second kappa shape index (κ2) is 13.0. The number of imidazole rings is 2. The summed E-state index contributed by atoms with van der Waals surface area (Å²) in [7, 11) is -2.23. The largest absolute Gasteiger partial charge is 0.395 e. The van der Waals surface area contributed by atoms with Crippen LogP contribution < -0.4 is 17.0 Å². The fourth-order valence-corrected chi connectivity index (χ4v) is 9.15. The summed E-state index contributed by atoms with van der Waals surface area (Å²) in [5, 5.41) is 19.3. The summed E-state index contributed by atoms with van der Waals surface area (Å²) in [5.41, 5.74) is 10.0. The normalized spacial score (nSPS) is 31.5. The number of anilines is 2. The van der Waals surface area contributed by atoms with Gasteiger partial charge in [0.2, 0.25) is 5.95 Å². The molecule has 2 aliphatic rings. The molecule has 0 aliphatic carbocycles. The van der Waals surface area contributed by atoms with Gasteiger partial charge in [0, 0.05) is 7.11 Å². The maximum Gasteiger partial charge on any atom is 0.325 e. The maximum atomic E-state index is 12.3. The van der Waals surface area contributed by atoms with Crippen molar-refractivity contribution in [3.8, 4) is 0 Å². The molecule has 6 heterocycles. The van der Waals surface area contributed by atoms with E-state index in [-0.39, 0.29) is 34.1 Å². The number of nitrogens with two attached hydrogens (primary N) is 2. The van der Waals surface area contributed by atoms with E-state index in [1.54, 1.807) is 0 Å². The Labute approximate surface area is 273 Å². The van der Waals surface area contributed by atoms with Crippen molar-refractivity contribution >= 4 is 72.6 Å². The van der Waals surface area contributed by atoms with E-state index >= 15 is 0 Å². The van der Waals surface area contributed by atoms with Crippen LogP contribution in [0.5, 0.6) is 0 Å². The Morgan fingerprint density at radius 3 is 2.62 bits per heavy atom. The molecule has 0 aromatic carbocycles. The molecule has 0 radical (unpaired) electrons. The molecule has 3 unspecified atom stereocenters. The van der Waals surface area contributed by atoms with Crippen LogP contribution in [-0.4, -0.2) is 115 Å². The van der Waals surface area contributed by atoms with Crippen LogP contribution in [0.1, 0.15) is 18.5 Å². The minimum Gasteiger partial charge on any atom is -0.395 e. The van der Waals surface area contributed by atoms with E-state index in [2.05, 4.69) is 29.9 Å². The number of ether oxygens (including phenoxy) is 2. The molecule has 25 heteroatoms. The van der Waals surface area contributed by atoms with Gasteiger partial charge in [-0.3, -0.25) is 28.0 Å². The first kappa shape index (κ1) is 34.2. The number of methoxy groups -OCH3 is 1. The molecule has 0 amide bonds. The van der Waals surface area contributed by atoms with Crippen molar-refractivity contribution in [1.29, 1.82) is 0 Å². The number of fused-ring (bicyclic) bond motifs is 2. The Kier molecular flexibility index (Phi) is 9.48. The molecular weight excluding hydrogens is 706 g/mol. The molecule has 6 rings (SSSR count). The molecule has 0 saturated carbocycles. The fourth-order valence-electron chi connectivity index (χ4n) is 5.56. The van der Waals surface area contributed by atoms with E-state index in [9.17, 15) is 29.4 Å². The Balaban J connectivity index is 1.27. The number of hydrogen-bond donors (Lipinski definition) is 7. The van der Waals surface area contributed by atoms with Gasteiger partial charge in [0.15, 0.2) is 28.9 Å². The van der Waals surface area contributed by atoms with E-state index in [0.717, 1.165) is 11.8 Å². The number of nitrogen functional groups attached to an aromatic ring is 2. The first-order valence-corrected chi connectivity index (χ1v) is 18.4. The van der Waals surface area contributed by atoms with Gasteiger partial charge in [-0.2, -0.15) is 4.98 Å². The molecule has 2 fully saturated rings. The molecule has 4 aromatic rings. The Hall–Kier alpha value is -2.63. The summed E-state index contributed by atoms with van der Waals surface area (Å²) < 4.78 is 43.7. The number of nitrogens with zero attached hydrogens (tertiary/aromatic N) is 7. The third kappa shape index (κ3) is 6.32. The number of H-pyrrole nitrogens is 1. The zero-order valence-corrected chi connectivity index (χ0v) is 27.9. The summed E-state index contributed by atoms with van der Waals surface area (Å²) in [6.07, 6.45) is -2.11. The van der Waals surface area contributed by atoms with Crippen molar-refractivity contribution < 1.29 is 47.6 Å². The van der Waals surface area contributed by atoms with Gasteiger partial charge in [0.05, 0.1) is 37.2 Å². The molecule has 256 valence electrons. The second-order valence-electron chi connectivity index (χ2n) is 10.7. The van der Waals surface area contributed by atoms with E-state index in [4.69, 9.17) is 46.3 Å². The Morgan fingerprint density at radius 2 is 1.91 bits per heavy atom. The van der Waals surface area contributed by atoms with Crippen molar-refractivity contribution in [3.05, 3.63) is 29.3 Å². The number of aliphatic hydroxyl groups excluding tert-OH is 2. The average molecular weight is 737 g/mol. The van der Waals surface area contributed by atoms with Crippen molar-refractivity contribution in [2.45, 2.75) is 53.8 Å². The fraction of sp³-hybridized carbons (Fsp3) is 0.545. The van der Waals surface area contributed by atoms with Crippen molar-refractivity contribution in [1.82, 2.24) is 39.0 Å². The lowest BCUT2D eigenvalue weighted by molar-refractivity contribution is -0.111. The minimum absolute atomic E-state index is 0.0391. The third-order valence-corrected chi connectivity index (χ3v) is 11.3. The van der Waals surface area contributed by atoms with Gasteiger partial charge in [-0.05, 0) is 18.7 Å². The lowest BCUT2D eigenvalue weighted by Crippen LogP contribution is -2.45. The summed E-state index contributed by atoms with van der Waals surface area (Å²) in [4.78, 5) is 56.3. The molecule has 4 aromatic heterocycles. The van der Waals surface area contributed by atoms with E-state index in [1.165, 1.54) is 42.1 Å².